The van der Waals surface area contributed by atoms with Gasteiger partial charge in [-0.25, -0.2) is 4.79 Å². The van der Waals surface area contributed by atoms with Crippen LogP contribution in [0.15, 0.2) is 48.1 Å². The molecule has 0 heterocycles. The molecule has 0 amide bonds. The highest BCUT2D eigenvalue weighted by Gasteiger charge is 2.74. The van der Waals surface area contributed by atoms with Gasteiger partial charge in [-0.3, -0.25) is 14.4 Å². The van der Waals surface area contributed by atoms with E-state index in [2.05, 4.69) is 4.84 Å². The third-order valence-corrected chi connectivity index (χ3v) is 12.7. The van der Waals surface area contributed by atoms with Gasteiger partial charge in [-0.1, -0.05) is 50.6 Å². The summed E-state index contributed by atoms with van der Waals surface area (Å²) in [5, 5.41) is 33.2. The van der Waals surface area contributed by atoms with Gasteiger partial charge in [-0.15, -0.1) is 21.7 Å². The Balaban J connectivity index is 1.15. The summed E-state index contributed by atoms with van der Waals surface area (Å²) >= 11 is 7.45. The molecule has 0 aliphatic heterocycles. The van der Waals surface area contributed by atoms with Crippen LogP contribution in [0.5, 0.6) is 5.75 Å². The van der Waals surface area contributed by atoms with E-state index in [-0.39, 0.29) is 55.8 Å². The lowest BCUT2D eigenvalue weighted by Crippen LogP contribution is -2.68. The number of fused-ring (bicyclic) bond motifs is 5. The first-order valence-electron chi connectivity index (χ1n) is 17.1. The summed E-state index contributed by atoms with van der Waals surface area (Å²) in [4.78, 5) is 64.0. The van der Waals surface area contributed by atoms with Crippen molar-refractivity contribution < 1.29 is 53.5 Å². The molecule has 0 radical (unpaired) electrons. The number of halogens is 1. The Kier molecular flexibility index (Phi) is 11.0. The van der Waals surface area contributed by atoms with Gasteiger partial charge in [0.2, 0.25) is 5.78 Å². The summed E-state index contributed by atoms with van der Waals surface area (Å²) in [6.45, 7) is 4.70. The molecule has 0 saturated heterocycles. The van der Waals surface area contributed by atoms with Gasteiger partial charge in [-0.05, 0) is 80.1 Å². The third-order valence-electron chi connectivity index (χ3n) is 11.8. The zero-order valence-corrected chi connectivity index (χ0v) is 29.6. The van der Waals surface area contributed by atoms with E-state index in [0.29, 0.717) is 31.2 Å². The molecule has 14 nitrogen and oxygen atoms in total. The van der Waals surface area contributed by atoms with E-state index in [0.717, 1.165) is 5.57 Å². The van der Waals surface area contributed by atoms with Crippen molar-refractivity contribution in [3.63, 3.8) is 0 Å². The molecule has 4 N–H and O–H groups in total. The smallest absolute Gasteiger partial charge is 0.465 e. The van der Waals surface area contributed by atoms with Crippen molar-refractivity contribution in [1.29, 1.82) is 0 Å². The minimum Gasteiger partial charge on any atom is -0.465 e. The van der Waals surface area contributed by atoms with Gasteiger partial charge in [-0.2, -0.15) is 0 Å². The molecule has 15 heteroatoms. The van der Waals surface area contributed by atoms with Crippen molar-refractivity contribution >= 4 is 35.3 Å². The lowest BCUT2D eigenvalue weighted by atomic mass is 9.46. The number of allylic oxidation sites excluding steroid dienone is 4. The van der Waals surface area contributed by atoms with Gasteiger partial charge in [0.05, 0.1) is 24.2 Å². The molecule has 1 aromatic rings. The number of alkyl halides is 1. The highest BCUT2D eigenvalue weighted by molar-refractivity contribution is 6.26. The minimum absolute atomic E-state index is 0.0204. The minimum atomic E-state index is -1.92. The van der Waals surface area contributed by atoms with E-state index in [1.807, 2.05) is 13.0 Å². The molecular formula is C36H45ClN2O12. The van der Waals surface area contributed by atoms with Gasteiger partial charge in [0.1, 0.15) is 17.4 Å². The summed E-state index contributed by atoms with van der Waals surface area (Å²) in [7, 11) is 0. The Morgan fingerprint density at radius 3 is 2.49 bits per heavy atom. The van der Waals surface area contributed by atoms with Crippen LogP contribution in [0.3, 0.4) is 0 Å². The van der Waals surface area contributed by atoms with Gasteiger partial charge < -0.3 is 35.0 Å². The number of hydrogen-bond donors (Lipinski definition) is 3. The second-order valence-corrected chi connectivity index (χ2v) is 15.2. The number of Topliss-reactive ketones (excluding diaryl/α,β-unsaturated/α-hetero) is 1. The fourth-order valence-corrected chi connectivity index (χ4v) is 9.56. The number of carbonyl (C=O) groups excluding carboxylic acids is 4. The summed E-state index contributed by atoms with van der Waals surface area (Å²) in [6, 6.07) is 5.15. The number of carbonyl (C=O) groups is 4. The first-order chi connectivity index (χ1) is 24.0. The first kappa shape index (κ1) is 38.4. The fraction of sp³-hybridized carbons (Fsp3) is 0.611. The van der Waals surface area contributed by atoms with Crippen LogP contribution in [0.4, 0.5) is 4.79 Å². The van der Waals surface area contributed by atoms with Crippen LogP contribution in [0.1, 0.15) is 64.9 Å². The Bertz CT molecular complexity index is 1610. The molecule has 5 rings (SSSR count). The molecule has 2 saturated carbocycles. The van der Waals surface area contributed by atoms with Crippen molar-refractivity contribution in [2.45, 2.75) is 88.3 Å². The normalized spacial score (nSPS) is 34.3. The number of unbranched alkanes of at least 4 members (excludes halogenated alkanes) is 1. The highest BCUT2D eigenvalue weighted by Crippen LogP contribution is 2.70. The van der Waals surface area contributed by atoms with Gasteiger partial charge in [0.15, 0.2) is 12.4 Å². The van der Waals surface area contributed by atoms with E-state index in [1.54, 1.807) is 32.1 Å². The van der Waals surface area contributed by atoms with Gasteiger partial charge in [0.25, 0.3) is 5.09 Å². The van der Waals surface area contributed by atoms with Crippen molar-refractivity contribution in [2.24, 2.45) is 34.3 Å². The van der Waals surface area contributed by atoms with E-state index < -0.39 is 69.0 Å². The number of nitrogens with zero attached hydrogens (tertiary/aromatic N) is 1. The van der Waals surface area contributed by atoms with E-state index in [4.69, 9.17) is 31.5 Å². The average Bonchev–Trinajstić information content (AvgIpc) is 3.28. The molecule has 0 bridgehead atoms. The maximum absolute atomic E-state index is 13.8. The van der Waals surface area contributed by atoms with Crippen LogP contribution in [-0.2, 0) is 35.1 Å². The summed E-state index contributed by atoms with van der Waals surface area (Å²) in [6.07, 6.45) is 5.14. The molecular weight excluding hydrogens is 688 g/mol. The maximum atomic E-state index is 13.8. The van der Waals surface area contributed by atoms with Crippen molar-refractivity contribution in [2.75, 3.05) is 19.8 Å². The standard InChI is InChI=1S/C36H45ClN2O12/c1-21-16-27-26-11-8-23-18-24(40)12-13-33(23,2)35(26,37)29(41)19-34(27,3)36(21,45)30(42)20-49-32(44)51-25-9-6-22(7-10-25)17-28(38)31(43)48-14-4-5-15-50-39(46)47/h6-10,12-13,21,26-29,41,45H,4-5,11,14-20,38H2,1-3H3/t21-,26-,27-,28?,29-,33-,34-,35-,36?/m0/s1. The number of aliphatic hydroxyl groups excluding tert-OH is 1. The van der Waals surface area contributed by atoms with E-state index in [1.165, 1.54) is 18.2 Å². The van der Waals surface area contributed by atoms with Crippen LogP contribution in [-0.4, -0.2) is 81.4 Å². The summed E-state index contributed by atoms with van der Waals surface area (Å²) in [5.74, 6) is -2.32. The van der Waals surface area contributed by atoms with E-state index >= 15 is 0 Å². The maximum Gasteiger partial charge on any atom is 0.514 e. The second kappa shape index (κ2) is 14.6. The molecule has 278 valence electrons. The van der Waals surface area contributed by atoms with Gasteiger partial charge in [0, 0.05) is 17.3 Å². The predicted octanol–water partition coefficient (Wildman–Crippen LogP) is 3.79. The number of ketones is 2. The average molecular weight is 733 g/mol. The SMILES string of the molecule is C[C@H]1C[C@H]2[C@@H]3CC=C4CC(=O)C=C[C@]4(C)[C@@]3(Cl)[C@@H](O)C[C@]2(C)C1(O)C(=O)COC(=O)Oc1ccc(CC(N)C(=O)OCCCCO[N+](=O)[O-])cc1. The topological polar surface area (TPSA) is 215 Å². The summed E-state index contributed by atoms with van der Waals surface area (Å²) < 4.78 is 15.5. The Morgan fingerprint density at radius 1 is 1.12 bits per heavy atom. The molecule has 4 aliphatic rings. The molecule has 2 unspecified atom stereocenters. The number of benzene rings is 1. The zero-order chi connectivity index (χ0) is 37.4. The lowest BCUT2D eigenvalue weighted by Gasteiger charge is -2.63. The Morgan fingerprint density at radius 2 is 1.80 bits per heavy atom. The molecule has 1 aromatic carbocycles. The zero-order valence-electron chi connectivity index (χ0n) is 28.9. The summed E-state index contributed by atoms with van der Waals surface area (Å²) in [5.41, 5.74) is 3.69. The Labute approximate surface area is 300 Å². The lowest BCUT2D eigenvalue weighted by molar-refractivity contribution is -0.757. The van der Waals surface area contributed by atoms with Crippen LogP contribution >= 0.6 is 11.6 Å². The van der Waals surface area contributed by atoms with Crippen molar-refractivity contribution in [1.82, 2.24) is 0 Å². The van der Waals surface area contributed by atoms with Crippen LogP contribution < -0.4 is 10.5 Å². The largest absolute Gasteiger partial charge is 0.514 e. The van der Waals surface area contributed by atoms with Crippen molar-refractivity contribution in [3.8, 4) is 5.75 Å². The molecule has 4 aliphatic carbocycles. The van der Waals surface area contributed by atoms with Crippen molar-refractivity contribution in [3.05, 3.63) is 63.7 Å². The monoisotopic (exact) mass is 732 g/mol. The number of nitrogens with two attached hydrogens (primary N) is 1. The first-order valence-corrected chi connectivity index (χ1v) is 17.5. The molecule has 0 spiro atoms. The molecule has 2 fully saturated rings. The van der Waals surface area contributed by atoms with Gasteiger partial charge >= 0.3 is 12.1 Å². The predicted molar refractivity (Wildman–Crippen MR) is 181 cm³/mol. The molecule has 51 heavy (non-hydrogen) atoms. The Hall–Kier alpha value is -3.85. The second-order valence-electron chi connectivity index (χ2n) is 14.6. The van der Waals surface area contributed by atoms with E-state index in [9.17, 15) is 39.5 Å². The third kappa shape index (κ3) is 6.90. The number of aliphatic hydroxyl groups is 2. The number of rotatable bonds is 13. The quantitative estimate of drug-likeness (QED) is 0.0501. The van der Waals surface area contributed by atoms with Crippen LogP contribution in [0.2, 0.25) is 0 Å². The number of esters is 1. The number of ether oxygens (including phenoxy) is 3. The molecule has 9 atom stereocenters. The number of hydrogen-bond acceptors (Lipinski definition) is 13. The fourth-order valence-electron chi connectivity index (χ4n) is 9.06. The van der Waals surface area contributed by atoms with Crippen LogP contribution in [0.25, 0.3) is 0 Å². The molecule has 0 aromatic heterocycles. The van der Waals surface area contributed by atoms with Crippen LogP contribution in [0, 0.1) is 38.7 Å². The highest BCUT2D eigenvalue weighted by atomic mass is 35.5.